The van der Waals surface area contributed by atoms with Crippen molar-refractivity contribution in [2.45, 2.75) is 26.2 Å². The van der Waals surface area contributed by atoms with Crippen LogP contribution in [0, 0.1) is 0 Å². The van der Waals surface area contributed by atoms with Crippen LogP contribution in [-0.2, 0) is 4.79 Å². The molecule has 0 atom stereocenters. The Hall–Kier alpha value is -2.04. The molecule has 1 aliphatic heterocycles. The molecule has 1 aromatic carbocycles. The zero-order valence-electron chi connectivity index (χ0n) is 11.0. The van der Waals surface area contributed by atoms with Crippen LogP contribution in [0.25, 0.3) is 0 Å². The molecule has 1 amide bonds. The SMILES string of the molecule is CC(=O)Nc1cc(C(=O)O)ccc1N1CCCCC1. The summed E-state index contributed by atoms with van der Waals surface area (Å²) in [5.74, 6) is -1.18. The van der Waals surface area contributed by atoms with E-state index in [9.17, 15) is 9.59 Å². The molecule has 1 aromatic rings. The van der Waals surface area contributed by atoms with E-state index in [0.29, 0.717) is 5.69 Å². The molecule has 19 heavy (non-hydrogen) atoms. The summed E-state index contributed by atoms with van der Waals surface area (Å²) >= 11 is 0. The summed E-state index contributed by atoms with van der Waals surface area (Å²) < 4.78 is 0. The van der Waals surface area contributed by atoms with Gasteiger partial charge in [-0.3, -0.25) is 4.79 Å². The third-order valence-corrected chi connectivity index (χ3v) is 3.25. The highest BCUT2D eigenvalue weighted by molar-refractivity contribution is 5.96. The van der Waals surface area contributed by atoms with Gasteiger partial charge in [0.2, 0.25) is 5.91 Å². The van der Waals surface area contributed by atoms with Crippen molar-refractivity contribution in [1.82, 2.24) is 0 Å². The standard InChI is InChI=1S/C14H18N2O3/c1-10(17)15-12-9-11(14(18)19)5-6-13(12)16-7-3-2-4-8-16/h5-6,9H,2-4,7-8H2,1H3,(H,15,17)(H,18,19). The van der Waals surface area contributed by atoms with Crippen molar-refractivity contribution in [3.8, 4) is 0 Å². The quantitative estimate of drug-likeness (QED) is 0.877. The van der Waals surface area contributed by atoms with Crippen LogP contribution in [0.4, 0.5) is 11.4 Å². The molecular weight excluding hydrogens is 244 g/mol. The number of amides is 1. The van der Waals surface area contributed by atoms with E-state index in [1.807, 2.05) is 0 Å². The summed E-state index contributed by atoms with van der Waals surface area (Å²) in [5.41, 5.74) is 1.67. The van der Waals surface area contributed by atoms with Crippen LogP contribution in [0.15, 0.2) is 18.2 Å². The normalized spacial score (nSPS) is 15.1. The molecule has 5 heteroatoms. The average Bonchev–Trinajstić information content (AvgIpc) is 2.39. The summed E-state index contributed by atoms with van der Waals surface area (Å²) in [5, 5.41) is 11.7. The summed E-state index contributed by atoms with van der Waals surface area (Å²) in [6.45, 7) is 3.31. The molecule has 0 saturated carbocycles. The predicted molar refractivity (Wildman–Crippen MR) is 73.8 cm³/mol. The van der Waals surface area contributed by atoms with Gasteiger partial charge >= 0.3 is 5.97 Å². The van der Waals surface area contributed by atoms with Crippen LogP contribution in [-0.4, -0.2) is 30.1 Å². The molecule has 0 bridgehead atoms. The van der Waals surface area contributed by atoms with E-state index < -0.39 is 5.97 Å². The van der Waals surface area contributed by atoms with Gasteiger partial charge in [-0.25, -0.2) is 4.79 Å². The number of nitrogens with zero attached hydrogens (tertiary/aromatic N) is 1. The van der Waals surface area contributed by atoms with Gasteiger partial charge in [-0.1, -0.05) is 0 Å². The zero-order valence-corrected chi connectivity index (χ0v) is 11.0. The molecule has 5 nitrogen and oxygen atoms in total. The zero-order chi connectivity index (χ0) is 13.8. The Balaban J connectivity index is 2.34. The number of benzene rings is 1. The van der Waals surface area contributed by atoms with Gasteiger partial charge < -0.3 is 15.3 Å². The number of carbonyl (C=O) groups is 2. The molecule has 1 heterocycles. The van der Waals surface area contributed by atoms with Crippen LogP contribution in [0.3, 0.4) is 0 Å². The van der Waals surface area contributed by atoms with E-state index in [1.165, 1.54) is 19.4 Å². The lowest BCUT2D eigenvalue weighted by Crippen LogP contribution is -2.30. The lowest BCUT2D eigenvalue weighted by Gasteiger charge is -2.30. The lowest BCUT2D eigenvalue weighted by atomic mass is 10.1. The molecule has 0 radical (unpaired) electrons. The number of carboxylic acid groups (broad SMARTS) is 1. The van der Waals surface area contributed by atoms with Crippen molar-refractivity contribution in [1.29, 1.82) is 0 Å². The first-order chi connectivity index (χ1) is 9.08. The molecule has 0 spiro atoms. The van der Waals surface area contributed by atoms with Crippen molar-refractivity contribution < 1.29 is 14.7 Å². The Morgan fingerprint density at radius 2 is 1.89 bits per heavy atom. The maximum atomic E-state index is 11.3. The van der Waals surface area contributed by atoms with E-state index in [2.05, 4.69) is 10.2 Å². The van der Waals surface area contributed by atoms with E-state index in [1.54, 1.807) is 12.1 Å². The summed E-state index contributed by atoms with van der Waals surface area (Å²) in [6, 6.07) is 4.88. The Morgan fingerprint density at radius 3 is 2.47 bits per heavy atom. The minimum atomic E-state index is -0.989. The minimum Gasteiger partial charge on any atom is -0.478 e. The fourth-order valence-electron chi connectivity index (χ4n) is 2.37. The smallest absolute Gasteiger partial charge is 0.335 e. The lowest BCUT2D eigenvalue weighted by molar-refractivity contribution is -0.114. The fraction of sp³-hybridized carbons (Fsp3) is 0.429. The second-order valence-electron chi connectivity index (χ2n) is 4.77. The molecule has 102 valence electrons. The van der Waals surface area contributed by atoms with Gasteiger partial charge in [0.15, 0.2) is 0 Å². The number of hydrogen-bond donors (Lipinski definition) is 2. The maximum Gasteiger partial charge on any atom is 0.335 e. The van der Waals surface area contributed by atoms with Gasteiger partial charge in [0.25, 0.3) is 0 Å². The van der Waals surface area contributed by atoms with Crippen molar-refractivity contribution in [2.75, 3.05) is 23.3 Å². The third-order valence-electron chi connectivity index (χ3n) is 3.25. The van der Waals surface area contributed by atoms with Gasteiger partial charge in [0.1, 0.15) is 0 Å². The van der Waals surface area contributed by atoms with Crippen LogP contribution >= 0.6 is 0 Å². The molecule has 0 aliphatic carbocycles. The third kappa shape index (κ3) is 3.24. The van der Waals surface area contributed by atoms with Crippen LogP contribution in [0.1, 0.15) is 36.5 Å². The fourth-order valence-corrected chi connectivity index (χ4v) is 2.37. The Morgan fingerprint density at radius 1 is 1.21 bits per heavy atom. The predicted octanol–water partition coefficient (Wildman–Crippen LogP) is 2.33. The van der Waals surface area contributed by atoms with Crippen molar-refractivity contribution >= 4 is 23.3 Å². The number of aromatic carboxylic acids is 1. The second-order valence-corrected chi connectivity index (χ2v) is 4.77. The monoisotopic (exact) mass is 262 g/mol. The minimum absolute atomic E-state index is 0.185. The first kappa shape index (κ1) is 13.4. The largest absolute Gasteiger partial charge is 0.478 e. The first-order valence-electron chi connectivity index (χ1n) is 6.48. The molecule has 2 rings (SSSR count). The van der Waals surface area contributed by atoms with Crippen LogP contribution < -0.4 is 10.2 Å². The number of nitrogens with one attached hydrogen (secondary N) is 1. The number of piperidine rings is 1. The van der Waals surface area contributed by atoms with Gasteiger partial charge in [-0.2, -0.15) is 0 Å². The van der Waals surface area contributed by atoms with Crippen LogP contribution in [0.5, 0.6) is 0 Å². The highest BCUT2D eigenvalue weighted by Crippen LogP contribution is 2.29. The number of carbonyl (C=O) groups excluding carboxylic acids is 1. The van der Waals surface area contributed by atoms with Crippen molar-refractivity contribution in [2.24, 2.45) is 0 Å². The van der Waals surface area contributed by atoms with Crippen LogP contribution in [0.2, 0.25) is 0 Å². The molecule has 1 aliphatic rings. The number of anilines is 2. The number of rotatable bonds is 3. The number of carboxylic acids is 1. The van der Waals surface area contributed by atoms with E-state index in [0.717, 1.165) is 31.6 Å². The summed E-state index contributed by atoms with van der Waals surface area (Å²) in [4.78, 5) is 24.4. The number of hydrogen-bond acceptors (Lipinski definition) is 3. The second kappa shape index (κ2) is 5.73. The van der Waals surface area contributed by atoms with Crippen molar-refractivity contribution in [3.63, 3.8) is 0 Å². The average molecular weight is 262 g/mol. The van der Waals surface area contributed by atoms with Gasteiger partial charge in [0, 0.05) is 20.0 Å². The van der Waals surface area contributed by atoms with E-state index in [-0.39, 0.29) is 11.5 Å². The molecule has 0 aromatic heterocycles. The van der Waals surface area contributed by atoms with Gasteiger partial charge in [0.05, 0.1) is 16.9 Å². The van der Waals surface area contributed by atoms with Gasteiger partial charge in [-0.15, -0.1) is 0 Å². The Bertz CT molecular complexity index is 493. The highest BCUT2D eigenvalue weighted by atomic mass is 16.4. The van der Waals surface area contributed by atoms with Gasteiger partial charge in [-0.05, 0) is 37.5 Å². The highest BCUT2D eigenvalue weighted by Gasteiger charge is 2.16. The molecule has 2 N–H and O–H groups in total. The van der Waals surface area contributed by atoms with Crippen molar-refractivity contribution in [3.05, 3.63) is 23.8 Å². The topological polar surface area (TPSA) is 69.6 Å². The summed E-state index contributed by atoms with van der Waals surface area (Å²) in [6.07, 6.45) is 3.47. The molecule has 1 fully saturated rings. The van der Waals surface area contributed by atoms with E-state index in [4.69, 9.17) is 5.11 Å². The summed E-state index contributed by atoms with van der Waals surface area (Å²) in [7, 11) is 0. The Labute approximate surface area is 112 Å². The Kier molecular flexibility index (Phi) is 4.04. The molecular formula is C14H18N2O3. The van der Waals surface area contributed by atoms with E-state index >= 15 is 0 Å². The molecule has 1 saturated heterocycles. The molecule has 0 unspecified atom stereocenters. The first-order valence-corrected chi connectivity index (χ1v) is 6.48. The maximum absolute atomic E-state index is 11.3.